The van der Waals surface area contributed by atoms with Crippen LogP contribution in [-0.2, 0) is 16.1 Å². The molecule has 2 saturated carbocycles. The lowest BCUT2D eigenvalue weighted by atomic mass is 10.0. The first-order chi connectivity index (χ1) is 24.2. The van der Waals surface area contributed by atoms with Crippen molar-refractivity contribution in [3.8, 4) is 22.4 Å². The van der Waals surface area contributed by atoms with Gasteiger partial charge < -0.3 is 29.9 Å². The predicted octanol–water partition coefficient (Wildman–Crippen LogP) is 9.18. The number of hydrogen-bond acceptors (Lipinski definition) is 6. The van der Waals surface area contributed by atoms with Crippen LogP contribution in [0.1, 0.15) is 73.6 Å². The highest BCUT2D eigenvalue weighted by atomic mass is 35.5. The average molecular weight is 720 g/mol. The van der Waals surface area contributed by atoms with Crippen molar-refractivity contribution >= 4 is 40.8 Å². The second-order valence-corrected chi connectivity index (χ2v) is 14.2. The van der Waals surface area contributed by atoms with E-state index in [4.69, 9.17) is 42.9 Å². The van der Waals surface area contributed by atoms with E-state index in [1.807, 2.05) is 60.7 Å². The van der Waals surface area contributed by atoms with Crippen molar-refractivity contribution in [3.63, 3.8) is 0 Å². The molecule has 1 aliphatic heterocycles. The van der Waals surface area contributed by atoms with Crippen molar-refractivity contribution in [3.05, 3.63) is 93.7 Å². The van der Waals surface area contributed by atoms with Crippen LogP contribution in [0.5, 0.6) is 0 Å². The van der Waals surface area contributed by atoms with Gasteiger partial charge in [0.25, 0.3) is 5.91 Å². The van der Waals surface area contributed by atoms with Gasteiger partial charge in [-0.2, -0.15) is 0 Å². The molecule has 3 aliphatic rings. The smallest absolute Gasteiger partial charge is 0.316 e. The van der Waals surface area contributed by atoms with E-state index in [0.29, 0.717) is 72.1 Å². The number of nitrogens with zero attached hydrogens (tertiary/aromatic N) is 2. The van der Waals surface area contributed by atoms with Crippen molar-refractivity contribution in [1.82, 2.24) is 10.1 Å². The molecule has 264 valence electrons. The summed E-state index contributed by atoms with van der Waals surface area (Å²) in [6.45, 7) is 7.51. The van der Waals surface area contributed by atoms with Crippen LogP contribution in [0.3, 0.4) is 0 Å². The zero-order valence-electron chi connectivity index (χ0n) is 28.5. The molecule has 1 aromatic heterocycles. The number of primary amides is 1. The van der Waals surface area contributed by atoms with E-state index in [1.165, 1.54) is 6.42 Å². The minimum atomic E-state index is -0.599. The van der Waals surface area contributed by atoms with Gasteiger partial charge in [0.1, 0.15) is 11.5 Å². The highest BCUT2D eigenvalue weighted by Gasteiger charge is 2.36. The maximum Gasteiger partial charge on any atom is 0.316 e. The minimum Gasteiger partial charge on any atom is -0.378 e. The van der Waals surface area contributed by atoms with Crippen LogP contribution in [0.2, 0.25) is 10.0 Å². The molecule has 3 atom stereocenters. The molecule has 1 saturated heterocycles. The molecule has 3 fully saturated rings. The molecule has 3 unspecified atom stereocenters. The number of ether oxygens (including phenoxy) is 2. The lowest BCUT2D eigenvalue weighted by Gasteiger charge is -2.26. The van der Waals surface area contributed by atoms with E-state index in [1.54, 1.807) is 11.0 Å². The fraction of sp³-hybridized carbons (Fsp3) is 0.410. The van der Waals surface area contributed by atoms with E-state index in [-0.39, 0.29) is 5.91 Å². The molecule has 0 spiro atoms. The fourth-order valence-electron chi connectivity index (χ4n) is 6.90. The summed E-state index contributed by atoms with van der Waals surface area (Å²) in [5.41, 5.74) is 10.8. The van der Waals surface area contributed by atoms with Crippen molar-refractivity contribution in [1.29, 1.82) is 0 Å². The number of morpholine rings is 1. The summed E-state index contributed by atoms with van der Waals surface area (Å²) in [6.07, 6.45) is 6.16. The Morgan fingerprint density at radius 2 is 1.68 bits per heavy atom. The lowest BCUT2D eigenvalue weighted by Crippen LogP contribution is -2.40. The maximum atomic E-state index is 12.4. The first-order valence-corrected chi connectivity index (χ1v) is 18.2. The summed E-state index contributed by atoms with van der Waals surface area (Å²) in [6, 6.07) is 19.7. The molecule has 50 heavy (non-hydrogen) atoms. The number of anilines is 1. The van der Waals surface area contributed by atoms with Gasteiger partial charge in [-0.15, -0.1) is 0 Å². The standard InChI is InChI=1S/C21H25Cl2NO2.C18H19N3O3/c1-3-13-9-12(2)10-18(13)25-11-15-20(24-26-21(15)14-7-8-14)19-16(22)5-4-6-17(19)23;19-18(23)20-16-3-1-2-15(12-16)13-4-6-14(7-5-13)17(22)21-8-10-24-11-9-21/h4-6,12-14,18H,3,7-11H2,1-2H3;1-7,12H,8-11H2,(H3,19,20,23). The summed E-state index contributed by atoms with van der Waals surface area (Å²) >= 11 is 12.9. The van der Waals surface area contributed by atoms with Crippen LogP contribution in [0.15, 0.2) is 71.3 Å². The van der Waals surface area contributed by atoms with Gasteiger partial charge in [0.2, 0.25) is 0 Å². The van der Waals surface area contributed by atoms with Crippen LogP contribution in [0, 0.1) is 11.8 Å². The van der Waals surface area contributed by atoms with Crippen LogP contribution in [-0.4, -0.2) is 54.4 Å². The van der Waals surface area contributed by atoms with Gasteiger partial charge >= 0.3 is 6.03 Å². The zero-order chi connectivity index (χ0) is 35.2. The summed E-state index contributed by atoms with van der Waals surface area (Å²) in [5.74, 6) is 2.80. The summed E-state index contributed by atoms with van der Waals surface area (Å²) in [4.78, 5) is 25.2. The Morgan fingerprint density at radius 1 is 0.980 bits per heavy atom. The number of urea groups is 1. The maximum absolute atomic E-state index is 12.4. The molecular weight excluding hydrogens is 675 g/mol. The second-order valence-electron chi connectivity index (χ2n) is 13.4. The summed E-state index contributed by atoms with van der Waals surface area (Å²) in [5, 5.41) is 8.08. The number of carbonyl (C=O) groups excluding carboxylic acids is 2. The molecular formula is C39H44Cl2N4O5. The van der Waals surface area contributed by atoms with Crippen LogP contribution in [0.25, 0.3) is 22.4 Å². The molecule has 7 rings (SSSR count). The number of halogens is 2. The molecule has 3 N–H and O–H groups in total. The molecule has 2 heterocycles. The topological polar surface area (TPSA) is 120 Å². The summed E-state index contributed by atoms with van der Waals surface area (Å²) in [7, 11) is 0. The number of nitrogens with two attached hydrogens (primary N) is 1. The Balaban J connectivity index is 0.000000174. The molecule has 2 aliphatic carbocycles. The first kappa shape index (κ1) is 35.9. The van der Waals surface area contributed by atoms with E-state index < -0.39 is 6.03 Å². The Labute approximate surface area is 303 Å². The molecule has 0 bridgehead atoms. The molecule has 9 nitrogen and oxygen atoms in total. The monoisotopic (exact) mass is 718 g/mol. The third-order valence-electron chi connectivity index (χ3n) is 9.69. The number of rotatable bonds is 9. The zero-order valence-corrected chi connectivity index (χ0v) is 30.0. The van der Waals surface area contributed by atoms with Crippen LogP contribution >= 0.6 is 23.2 Å². The normalized spacial score (nSPS) is 20.2. The Morgan fingerprint density at radius 3 is 2.34 bits per heavy atom. The van der Waals surface area contributed by atoms with Gasteiger partial charge in [-0.3, -0.25) is 4.79 Å². The molecule has 11 heteroatoms. The lowest BCUT2D eigenvalue weighted by molar-refractivity contribution is 0.0135. The SMILES string of the molecule is CCC1CC(C)CC1OCc1c(-c2c(Cl)cccc2Cl)noc1C1CC1.NC(=O)Nc1cccc(-c2ccc(C(=O)N3CCOCC3)cc2)c1. The number of hydrogen-bond donors (Lipinski definition) is 2. The third kappa shape index (κ3) is 8.69. The minimum absolute atomic E-state index is 0.0222. The van der Waals surface area contributed by atoms with Crippen molar-refractivity contribution < 1.29 is 23.6 Å². The molecule has 0 radical (unpaired) electrons. The van der Waals surface area contributed by atoms with E-state index in [9.17, 15) is 9.59 Å². The van der Waals surface area contributed by atoms with E-state index >= 15 is 0 Å². The van der Waals surface area contributed by atoms with Crippen molar-refractivity contribution in [2.75, 3.05) is 31.6 Å². The number of aromatic nitrogens is 1. The second kappa shape index (κ2) is 16.4. The number of amides is 3. The van der Waals surface area contributed by atoms with Crippen molar-refractivity contribution in [2.24, 2.45) is 17.6 Å². The van der Waals surface area contributed by atoms with Crippen LogP contribution < -0.4 is 11.1 Å². The molecule has 3 amide bonds. The highest BCUT2D eigenvalue weighted by molar-refractivity contribution is 6.39. The van der Waals surface area contributed by atoms with Gasteiger partial charge in [0, 0.05) is 41.4 Å². The Hall–Kier alpha value is -3.89. The molecule has 4 aromatic rings. The quantitative estimate of drug-likeness (QED) is 0.178. The predicted molar refractivity (Wildman–Crippen MR) is 196 cm³/mol. The number of carbonyl (C=O) groups is 2. The van der Waals surface area contributed by atoms with Gasteiger partial charge in [-0.25, -0.2) is 4.79 Å². The Kier molecular flexibility index (Phi) is 11.8. The first-order valence-electron chi connectivity index (χ1n) is 17.4. The van der Waals surface area contributed by atoms with Crippen LogP contribution in [0.4, 0.5) is 10.5 Å². The summed E-state index contributed by atoms with van der Waals surface area (Å²) < 4.78 is 17.4. The average Bonchev–Trinajstić information content (AvgIpc) is 3.78. The number of benzene rings is 3. The number of nitrogens with one attached hydrogen (secondary N) is 1. The third-order valence-corrected chi connectivity index (χ3v) is 10.3. The van der Waals surface area contributed by atoms with Gasteiger partial charge in [0.15, 0.2) is 0 Å². The van der Waals surface area contributed by atoms with E-state index in [2.05, 4.69) is 24.3 Å². The van der Waals surface area contributed by atoms with Gasteiger partial charge in [0.05, 0.1) is 36.0 Å². The van der Waals surface area contributed by atoms with Gasteiger partial charge in [-0.1, -0.05) is 79.0 Å². The highest BCUT2D eigenvalue weighted by Crippen LogP contribution is 2.46. The largest absolute Gasteiger partial charge is 0.378 e. The van der Waals surface area contributed by atoms with Gasteiger partial charge in [-0.05, 0) is 85.0 Å². The Bertz CT molecular complexity index is 1770. The fourth-order valence-corrected chi connectivity index (χ4v) is 7.48. The molecule has 3 aromatic carbocycles. The van der Waals surface area contributed by atoms with Crippen molar-refractivity contribution in [2.45, 2.75) is 64.6 Å². The van der Waals surface area contributed by atoms with E-state index in [0.717, 1.165) is 65.3 Å².